The van der Waals surface area contributed by atoms with Gasteiger partial charge in [0.1, 0.15) is 0 Å². The fourth-order valence-corrected chi connectivity index (χ4v) is 3.68. The lowest BCUT2D eigenvalue weighted by molar-refractivity contribution is -0.162. The SMILES string of the molecule is CC1CCCC(O)(C2(C#N)CCOCC2)C1C. The molecule has 96 valence electrons. The molecule has 0 aromatic heterocycles. The predicted molar refractivity (Wildman–Crippen MR) is 65.2 cm³/mol. The molecular weight excluding hydrogens is 214 g/mol. The first-order chi connectivity index (χ1) is 8.06. The highest BCUT2D eigenvalue weighted by Gasteiger charge is 2.56. The van der Waals surface area contributed by atoms with Gasteiger partial charge in [0.2, 0.25) is 0 Å². The number of ether oxygens (including phenoxy) is 1. The Balaban J connectivity index is 2.31. The fourth-order valence-electron chi connectivity index (χ4n) is 3.68. The first-order valence-electron chi connectivity index (χ1n) is 6.77. The van der Waals surface area contributed by atoms with Crippen LogP contribution in [0.5, 0.6) is 0 Å². The van der Waals surface area contributed by atoms with Crippen LogP contribution < -0.4 is 0 Å². The highest BCUT2D eigenvalue weighted by Crippen LogP contribution is 2.52. The molecule has 1 saturated heterocycles. The monoisotopic (exact) mass is 237 g/mol. The van der Waals surface area contributed by atoms with Crippen molar-refractivity contribution in [3.05, 3.63) is 0 Å². The van der Waals surface area contributed by atoms with Crippen molar-refractivity contribution >= 4 is 0 Å². The van der Waals surface area contributed by atoms with E-state index in [9.17, 15) is 10.4 Å². The van der Waals surface area contributed by atoms with Gasteiger partial charge in [-0.15, -0.1) is 0 Å². The van der Waals surface area contributed by atoms with E-state index in [2.05, 4.69) is 19.9 Å². The van der Waals surface area contributed by atoms with Gasteiger partial charge in [-0.2, -0.15) is 5.26 Å². The zero-order valence-corrected chi connectivity index (χ0v) is 10.9. The maximum Gasteiger partial charge on any atom is 0.0906 e. The molecule has 1 heterocycles. The van der Waals surface area contributed by atoms with Gasteiger partial charge in [-0.3, -0.25) is 0 Å². The van der Waals surface area contributed by atoms with Gasteiger partial charge in [0.05, 0.1) is 17.1 Å². The highest BCUT2D eigenvalue weighted by atomic mass is 16.5. The molecule has 2 rings (SSSR count). The largest absolute Gasteiger partial charge is 0.388 e. The Morgan fingerprint density at radius 3 is 2.47 bits per heavy atom. The smallest absolute Gasteiger partial charge is 0.0906 e. The zero-order chi connectivity index (χ0) is 12.5. The summed E-state index contributed by atoms with van der Waals surface area (Å²) in [6, 6.07) is 2.45. The number of nitriles is 1. The van der Waals surface area contributed by atoms with Crippen LogP contribution in [-0.4, -0.2) is 23.9 Å². The van der Waals surface area contributed by atoms with Crippen LogP contribution in [0.25, 0.3) is 0 Å². The molecule has 1 aliphatic heterocycles. The van der Waals surface area contributed by atoms with Gasteiger partial charge in [0.25, 0.3) is 0 Å². The van der Waals surface area contributed by atoms with E-state index in [1.807, 2.05) is 0 Å². The third-order valence-electron chi connectivity index (χ3n) is 5.21. The summed E-state index contributed by atoms with van der Waals surface area (Å²) >= 11 is 0. The number of aliphatic hydroxyl groups is 1. The van der Waals surface area contributed by atoms with E-state index in [0.29, 0.717) is 32.0 Å². The van der Waals surface area contributed by atoms with Gasteiger partial charge in [-0.1, -0.05) is 26.7 Å². The summed E-state index contributed by atoms with van der Waals surface area (Å²) in [4.78, 5) is 0. The van der Waals surface area contributed by atoms with Crippen LogP contribution in [-0.2, 0) is 4.74 Å². The van der Waals surface area contributed by atoms with Crippen molar-refractivity contribution in [1.29, 1.82) is 5.26 Å². The molecule has 17 heavy (non-hydrogen) atoms. The normalized spacial score (nSPS) is 41.8. The van der Waals surface area contributed by atoms with Gasteiger partial charge in [0.15, 0.2) is 0 Å². The number of rotatable bonds is 1. The molecule has 3 heteroatoms. The number of nitrogens with zero attached hydrogens (tertiary/aromatic N) is 1. The van der Waals surface area contributed by atoms with Crippen LogP contribution in [0.2, 0.25) is 0 Å². The van der Waals surface area contributed by atoms with Crippen LogP contribution in [0.15, 0.2) is 0 Å². The van der Waals surface area contributed by atoms with E-state index in [1.165, 1.54) is 6.42 Å². The maximum absolute atomic E-state index is 11.1. The Hall–Kier alpha value is -0.590. The van der Waals surface area contributed by atoms with Crippen molar-refractivity contribution in [3.63, 3.8) is 0 Å². The number of hydrogen-bond acceptors (Lipinski definition) is 3. The summed E-state index contributed by atoms with van der Waals surface area (Å²) in [5, 5.41) is 20.7. The van der Waals surface area contributed by atoms with E-state index in [0.717, 1.165) is 12.8 Å². The van der Waals surface area contributed by atoms with Crippen LogP contribution in [0.1, 0.15) is 46.0 Å². The second kappa shape index (κ2) is 4.59. The van der Waals surface area contributed by atoms with Crippen LogP contribution in [0.4, 0.5) is 0 Å². The first kappa shape index (κ1) is 12.9. The van der Waals surface area contributed by atoms with Crippen molar-refractivity contribution < 1.29 is 9.84 Å². The van der Waals surface area contributed by atoms with Crippen molar-refractivity contribution in [1.82, 2.24) is 0 Å². The predicted octanol–water partition coefficient (Wildman–Crippen LogP) is 2.49. The minimum atomic E-state index is -0.816. The average Bonchev–Trinajstić information content (AvgIpc) is 2.36. The van der Waals surface area contributed by atoms with Crippen molar-refractivity contribution in [2.75, 3.05) is 13.2 Å². The fraction of sp³-hybridized carbons (Fsp3) is 0.929. The van der Waals surface area contributed by atoms with Crippen molar-refractivity contribution in [2.24, 2.45) is 17.3 Å². The molecule has 0 bridgehead atoms. The summed E-state index contributed by atoms with van der Waals surface area (Å²) in [6.07, 6.45) is 4.33. The molecule has 3 nitrogen and oxygen atoms in total. The quantitative estimate of drug-likeness (QED) is 0.762. The Morgan fingerprint density at radius 2 is 1.88 bits per heavy atom. The average molecular weight is 237 g/mol. The lowest BCUT2D eigenvalue weighted by Gasteiger charge is -2.52. The summed E-state index contributed by atoms with van der Waals surface area (Å²) in [7, 11) is 0. The van der Waals surface area contributed by atoms with E-state index in [-0.39, 0.29) is 5.92 Å². The van der Waals surface area contributed by atoms with E-state index >= 15 is 0 Å². The van der Waals surface area contributed by atoms with E-state index < -0.39 is 11.0 Å². The molecule has 2 aliphatic rings. The van der Waals surface area contributed by atoms with Crippen molar-refractivity contribution in [3.8, 4) is 6.07 Å². The minimum absolute atomic E-state index is 0.203. The second-order valence-electron chi connectivity index (χ2n) is 5.89. The molecule has 0 spiro atoms. The lowest BCUT2D eigenvalue weighted by Crippen LogP contribution is -2.57. The van der Waals surface area contributed by atoms with Gasteiger partial charge >= 0.3 is 0 Å². The first-order valence-corrected chi connectivity index (χ1v) is 6.77. The molecule has 2 fully saturated rings. The highest BCUT2D eigenvalue weighted by molar-refractivity contribution is 5.15. The molecular formula is C14H23NO2. The molecule has 1 N–H and O–H groups in total. The Morgan fingerprint density at radius 1 is 1.24 bits per heavy atom. The molecule has 1 aliphatic carbocycles. The van der Waals surface area contributed by atoms with E-state index in [4.69, 9.17) is 4.74 Å². The second-order valence-corrected chi connectivity index (χ2v) is 5.89. The van der Waals surface area contributed by atoms with Gasteiger partial charge in [-0.25, -0.2) is 0 Å². The molecule has 0 aromatic carbocycles. The Kier molecular flexibility index (Phi) is 3.47. The van der Waals surface area contributed by atoms with Crippen molar-refractivity contribution in [2.45, 2.75) is 51.6 Å². The molecule has 3 atom stereocenters. The molecule has 1 saturated carbocycles. The summed E-state index contributed by atoms with van der Waals surface area (Å²) in [5.74, 6) is 0.704. The van der Waals surface area contributed by atoms with Crippen LogP contribution in [0.3, 0.4) is 0 Å². The lowest BCUT2D eigenvalue weighted by atomic mass is 9.56. The maximum atomic E-state index is 11.1. The molecule has 0 amide bonds. The standard InChI is InChI=1S/C14H23NO2/c1-11-4-3-5-14(16,12(11)2)13(10-15)6-8-17-9-7-13/h11-12,16H,3-9H2,1-2H3. The third kappa shape index (κ3) is 1.88. The Labute approximate surface area is 104 Å². The Bertz CT molecular complexity index is 317. The summed E-state index contributed by atoms with van der Waals surface area (Å²) < 4.78 is 5.36. The van der Waals surface area contributed by atoms with E-state index in [1.54, 1.807) is 0 Å². The van der Waals surface area contributed by atoms with Crippen LogP contribution >= 0.6 is 0 Å². The van der Waals surface area contributed by atoms with Gasteiger partial charge in [-0.05, 0) is 31.1 Å². The summed E-state index contributed by atoms with van der Waals surface area (Å²) in [5.41, 5.74) is -1.40. The summed E-state index contributed by atoms with van der Waals surface area (Å²) in [6.45, 7) is 5.52. The molecule has 0 radical (unpaired) electrons. The van der Waals surface area contributed by atoms with Gasteiger partial charge < -0.3 is 9.84 Å². The molecule has 0 aromatic rings. The van der Waals surface area contributed by atoms with Gasteiger partial charge in [0, 0.05) is 13.2 Å². The molecule has 3 unspecified atom stereocenters. The minimum Gasteiger partial charge on any atom is -0.388 e. The third-order valence-corrected chi connectivity index (χ3v) is 5.21. The topological polar surface area (TPSA) is 53.2 Å². The van der Waals surface area contributed by atoms with Crippen LogP contribution in [0, 0.1) is 28.6 Å². The number of hydrogen-bond donors (Lipinski definition) is 1. The zero-order valence-electron chi connectivity index (χ0n) is 10.9.